The Kier molecular flexibility index (Phi) is 3.33. The number of benzene rings is 2. The number of rotatable bonds is 3. The fourth-order valence-electron chi connectivity index (χ4n) is 2.30. The normalized spacial score (nSPS) is 10.7. The minimum absolute atomic E-state index is 0.179. The van der Waals surface area contributed by atoms with Gasteiger partial charge in [0, 0.05) is 35.6 Å². The van der Waals surface area contributed by atoms with Crippen LogP contribution in [0, 0.1) is 12.7 Å². The number of hydrogen-bond acceptors (Lipinski definition) is 2. The lowest BCUT2D eigenvalue weighted by Crippen LogP contribution is -2.02. The molecule has 1 heterocycles. The number of halogens is 1. The van der Waals surface area contributed by atoms with Crippen LogP contribution in [0.25, 0.3) is 10.8 Å². The predicted octanol–water partition coefficient (Wildman–Crippen LogP) is 4.29. The molecule has 0 bridgehead atoms. The molecule has 1 aromatic heterocycles. The van der Waals surface area contributed by atoms with Gasteiger partial charge in [0.05, 0.1) is 0 Å². The molecule has 3 heteroatoms. The van der Waals surface area contributed by atoms with E-state index >= 15 is 0 Å². The van der Waals surface area contributed by atoms with E-state index in [1.54, 1.807) is 12.3 Å². The summed E-state index contributed by atoms with van der Waals surface area (Å²) in [6, 6.07) is 13.1. The summed E-state index contributed by atoms with van der Waals surface area (Å²) in [5.74, 6) is -0.179. The summed E-state index contributed by atoms with van der Waals surface area (Å²) in [6.07, 6.45) is 3.59. The SMILES string of the molecule is Cc1ccc(F)c(CNc2cccc3ccncc23)c1. The molecular formula is C17H15FN2. The molecule has 0 fully saturated rings. The molecule has 0 radical (unpaired) electrons. The number of aromatic nitrogens is 1. The Bertz CT molecular complexity index is 748. The van der Waals surface area contributed by atoms with Crippen LogP contribution in [0.5, 0.6) is 0 Å². The third-order valence-electron chi connectivity index (χ3n) is 3.35. The number of pyridine rings is 1. The fourth-order valence-corrected chi connectivity index (χ4v) is 2.30. The molecule has 0 aliphatic carbocycles. The van der Waals surface area contributed by atoms with E-state index in [1.807, 2.05) is 43.5 Å². The summed E-state index contributed by atoms with van der Waals surface area (Å²) >= 11 is 0. The summed E-state index contributed by atoms with van der Waals surface area (Å²) in [7, 11) is 0. The van der Waals surface area contributed by atoms with Crippen molar-refractivity contribution in [1.82, 2.24) is 4.98 Å². The first-order valence-electron chi connectivity index (χ1n) is 6.56. The zero-order chi connectivity index (χ0) is 13.9. The second-order valence-corrected chi connectivity index (χ2v) is 4.85. The Labute approximate surface area is 117 Å². The van der Waals surface area contributed by atoms with Gasteiger partial charge in [0.2, 0.25) is 0 Å². The molecule has 0 atom stereocenters. The largest absolute Gasteiger partial charge is 0.380 e. The predicted molar refractivity (Wildman–Crippen MR) is 80.2 cm³/mol. The molecule has 0 unspecified atom stereocenters. The zero-order valence-corrected chi connectivity index (χ0v) is 11.2. The van der Waals surface area contributed by atoms with Crippen molar-refractivity contribution in [1.29, 1.82) is 0 Å². The third kappa shape index (κ3) is 2.48. The monoisotopic (exact) mass is 266 g/mol. The minimum Gasteiger partial charge on any atom is -0.380 e. The van der Waals surface area contributed by atoms with Crippen LogP contribution >= 0.6 is 0 Å². The Hall–Kier alpha value is -2.42. The third-order valence-corrected chi connectivity index (χ3v) is 3.35. The molecule has 0 saturated carbocycles. The molecule has 3 rings (SSSR count). The Morgan fingerprint density at radius 2 is 2.05 bits per heavy atom. The van der Waals surface area contributed by atoms with E-state index in [1.165, 1.54) is 6.07 Å². The van der Waals surface area contributed by atoms with Crippen LogP contribution in [0.1, 0.15) is 11.1 Å². The van der Waals surface area contributed by atoms with Crippen molar-refractivity contribution in [3.63, 3.8) is 0 Å². The quantitative estimate of drug-likeness (QED) is 0.764. The molecule has 2 nitrogen and oxygen atoms in total. The van der Waals surface area contributed by atoms with Gasteiger partial charge in [-0.15, -0.1) is 0 Å². The van der Waals surface area contributed by atoms with Crippen LogP contribution < -0.4 is 5.32 Å². The number of fused-ring (bicyclic) bond motifs is 1. The van der Waals surface area contributed by atoms with Crippen molar-refractivity contribution in [2.75, 3.05) is 5.32 Å². The summed E-state index contributed by atoms with van der Waals surface area (Å²) < 4.78 is 13.7. The van der Waals surface area contributed by atoms with Crippen LogP contribution in [0.15, 0.2) is 54.9 Å². The number of nitrogens with zero attached hydrogens (tertiary/aromatic N) is 1. The molecule has 0 amide bonds. The molecule has 0 aliphatic rings. The smallest absolute Gasteiger partial charge is 0.128 e. The molecule has 0 saturated heterocycles. The fraction of sp³-hybridized carbons (Fsp3) is 0.118. The maximum absolute atomic E-state index is 13.7. The van der Waals surface area contributed by atoms with Gasteiger partial charge < -0.3 is 5.32 Å². The van der Waals surface area contributed by atoms with Crippen LogP contribution in [-0.2, 0) is 6.54 Å². The van der Waals surface area contributed by atoms with E-state index in [0.29, 0.717) is 12.1 Å². The summed E-state index contributed by atoms with van der Waals surface area (Å²) in [5, 5.41) is 5.46. The van der Waals surface area contributed by atoms with E-state index in [4.69, 9.17) is 0 Å². The van der Waals surface area contributed by atoms with Gasteiger partial charge in [0.25, 0.3) is 0 Å². The minimum atomic E-state index is -0.179. The van der Waals surface area contributed by atoms with Crippen LogP contribution in [0.4, 0.5) is 10.1 Å². The molecule has 0 aliphatic heterocycles. The first-order chi connectivity index (χ1) is 9.74. The van der Waals surface area contributed by atoms with Crippen molar-refractivity contribution in [2.45, 2.75) is 13.5 Å². The lowest BCUT2D eigenvalue weighted by molar-refractivity contribution is 0.612. The highest BCUT2D eigenvalue weighted by Crippen LogP contribution is 2.23. The van der Waals surface area contributed by atoms with Crippen LogP contribution in [-0.4, -0.2) is 4.98 Å². The number of anilines is 1. The molecule has 2 aromatic carbocycles. The van der Waals surface area contributed by atoms with Crippen molar-refractivity contribution >= 4 is 16.5 Å². The average molecular weight is 266 g/mol. The first-order valence-corrected chi connectivity index (χ1v) is 6.56. The van der Waals surface area contributed by atoms with E-state index in [2.05, 4.69) is 10.3 Å². The van der Waals surface area contributed by atoms with Crippen molar-refractivity contribution in [3.05, 3.63) is 71.8 Å². The van der Waals surface area contributed by atoms with Gasteiger partial charge in [0.1, 0.15) is 5.82 Å². The van der Waals surface area contributed by atoms with Crippen molar-refractivity contribution in [2.24, 2.45) is 0 Å². The highest BCUT2D eigenvalue weighted by molar-refractivity contribution is 5.93. The Morgan fingerprint density at radius 3 is 2.95 bits per heavy atom. The molecule has 20 heavy (non-hydrogen) atoms. The van der Waals surface area contributed by atoms with Gasteiger partial charge in [-0.2, -0.15) is 0 Å². The topological polar surface area (TPSA) is 24.9 Å². The van der Waals surface area contributed by atoms with Gasteiger partial charge in [-0.05, 0) is 30.5 Å². The van der Waals surface area contributed by atoms with E-state index in [9.17, 15) is 4.39 Å². The lowest BCUT2D eigenvalue weighted by Gasteiger charge is -2.10. The molecule has 0 spiro atoms. The molecule has 3 aromatic rings. The second-order valence-electron chi connectivity index (χ2n) is 4.85. The van der Waals surface area contributed by atoms with E-state index in [-0.39, 0.29) is 5.82 Å². The van der Waals surface area contributed by atoms with Crippen LogP contribution in [0.2, 0.25) is 0 Å². The van der Waals surface area contributed by atoms with Gasteiger partial charge in [-0.3, -0.25) is 4.98 Å². The average Bonchev–Trinajstić information content (AvgIpc) is 2.48. The maximum Gasteiger partial charge on any atom is 0.128 e. The van der Waals surface area contributed by atoms with E-state index < -0.39 is 0 Å². The molecule has 1 N–H and O–H groups in total. The molecule has 100 valence electrons. The van der Waals surface area contributed by atoms with Crippen LogP contribution in [0.3, 0.4) is 0 Å². The Morgan fingerprint density at radius 1 is 1.15 bits per heavy atom. The highest BCUT2D eigenvalue weighted by Gasteiger charge is 2.04. The summed E-state index contributed by atoms with van der Waals surface area (Å²) in [6.45, 7) is 2.42. The number of nitrogens with one attached hydrogen (secondary N) is 1. The van der Waals surface area contributed by atoms with Gasteiger partial charge in [-0.1, -0.05) is 29.8 Å². The number of aryl methyl sites for hydroxylation is 1. The van der Waals surface area contributed by atoms with Gasteiger partial charge in [-0.25, -0.2) is 4.39 Å². The standard InChI is InChI=1S/C17H15FN2/c1-12-5-6-16(18)14(9-12)10-20-17-4-2-3-13-7-8-19-11-15(13)17/h2-9,11,20H,10H2,1H3. The molecular weight excluding hydrogens is 251 g/mol. The van der Waals surface area contributed by atoms with Crippen molar-refractivity contribution < 1.29 is 4.39 Å². The van der Waals surface area contributed by atoms with Gasteiger partial charge in [0.15, 0.2) is 0 Å². The summed E-state index contributed by atoms with van der Waals surface area (Å²) in [5.41, 5.74) is 2.70. The second kappa shape index (κ2) is 5.29. The Balaban J connectivity index is 1.89. The van der Waals surface area contributed by atoms with E-state index in [0.717, 1.165) is 22.0 Å². The zero-order valence-electron chi connectivity index (χ0n) is 11.2. The highest BCUT2D eigenvalue weighted by atomic mass is 19.1. The number of hydrogen-bond donors (Lipinski definition) is 1. The summed E-state index contributed by atoms with van der Waals surface area (Å²) in [4.78, 5) is 4.15. The lowest BCUT2D eigenvalue weighted by atomic mass is 10.1. The van der Waals surface area contributed by atoms with Crippen molar-refractivity contribution in [3.8, 4) is 0 Å². The maximum atomic E-state index is 13.7. The first kappa shape index (κ1) is 12.6. The van der Waals surface area contributed by atoms with Gasteiger partial charge >= 0.3 is 0 Å².